The summed E-state index contributed by atoms with van der Waals surface area (Å²) in [6, 6.07) is 5.55. The van der Waals surface area contributed by atoms with Crippen molar-refractivity contribution in [3.8, 4) is 0 Å². The Balaban J connectivity index is 2.80. The van der Waals surface area contributed by atoms with Crippen LogP contribution in [-0.4, -0.2) is 0 Å². The van der Waals surface area contributed by atoms with Gasteiger partial charge in [-0.15, -0.1) is 0 Å². The fourth-order valence-corrected chi connectivity index (χ4v) is 1.65. The second-order valence-electron chi connectivity index (χ2n) is 3.67. The summed E-state index contributed by atoms with van der Waals surface area (Å²) in [5, 5.41) is 1.41. The highest BCUT2D eigenvalue weighted by Gasteiger charge is 2.00. The van der Waals surface area contributed by atoms with Crippen LogP contribution in [0.5, 0.6) is 0 Å². The molecular weight excluding hydrogens is 215 g/mol. The zero-order valence-corrected chi connectivity index (χ0v) is 9.94. The third kappa shape index (κ3) is 3.36. The third-order valence-corrected chi connectivity index (χ3v) is 2.55. The van der Waals surface area contributed by atoms with Crippen LogP contribution in [0.2, 0.25) is 10.0 Å². The van der Waals surface area contributed by atoms with Gasteiger partial charge in [0, 0.05) is 15.6 Å². The highest BCUT2D eigenvalue weighted by atomic mass is 35.5. The second-order valence-corrected chi connectivity index (χ2v) is 4.48. The summed E-state index contributed by atoms with van der Waals surface area (Å²) in [6.07, 6.45) is 5.14. The van der Waals surface area contributed by atoms with E-state index in [9.17, 15) is 0 Å². The van der Waals surface area contributed by atoms with Crippen molar-refractivity contribution in [2.75, 3.05) is 0 Å². The zero-order valence-electron chi connectivity index (χ0n) is 8.43. The van der Waals surface area contributed by atoms with E-state index in [-0.39, 0.29) is 0 Å². The van der Waals surface area contributed by atoms with Crippen LogP contribution in [-0.2, 0) is 0 Å². The lowest BCUT2D eigenvalue weighted by molar-refractivity contribution is 0.665. The Bertz CT molecular complexity index is 307. The van der Waals surface area contributed by atoms with Crippen LogP contribution in [0.3, 0.4) is 0 Å². The van der Waals surface area contributed by atoms with Gasteiger partial charge in [0.1, 0.15) is 0 Å². The molecule has 0 nitrogen and oxygen atoms in total. The molecule has 0 saturated carbocycles. The van der Waals surface area contributed by atoms with Gasteiger partial charge in [0.25, 0.3) is 0 Å². The smallest absolute Gasteiger partial charge is 0.0493 e. The number of rotatable bonds is 3. The molecule has 0 spiro atoms. The van der Waals surface area contributed by atoms with Crippen molar-refractivity contribution in [3.63, 3.8) is 0 Å². The molecule has 1 aromatic carbocycles. The second kappa shape index (κ2) is 5.43. The van der Waals surface area contributed by atoms with E-state index in [1.807, 2.05) is 24.3 Å². The van der Waals surface area contributed by atoms with E-state index in [2.05, 4.69) is 19.9 Å². The van der Waals surface area contributed by atoms with E-state index in [1.54, 1.807) is 0 Å². The van der Waals surface area contributed by atoms with Crippen molar-refractivity contribution >= 4 is 29.3 Å². The maximum Gasteiger partial charge on any atom is 0.0493 e. The highest BCUT2D eigenvalue weighted by Crippen LogP contribution is 2.25. The molecule has 0 aromatic heterocycles. The van der Waals surface area contributed by atoms with E-state index >= 15 is 0 Å². The van der Waals surface area contributed by atoms with Crippen LogP contribution in [0.25, 0.3) is 6.08 Å². The summed E-state index contributed by atoms with van der Waals surface area (Å²) in [5.41, 5.74) is 0.913. The van der Waals surface area contributed by atoms with Crippen molar-refractivity contribution in [2.45, 2.75) is 20.3 Å². The fourth-order valence-electron chi connectivity index (χ4n) is 1.13. The van der Waals surface area contributed by atoms with Gasteiger partial charge in [-0.1, -0.05) is 55.3 Å². The first-order valence-corrected chi connectivity index (χ1v) is 5.47. The average Bonchev–Trinajstić information content (AvgIpc) is 2.09. The van der Waals surface area contributed by atoms with Crippen LogP contribution in [0.4, 0.5) is 0 Å². The maximum absolute atomic E-state index is 6.01. The molecule has 14 heavy (non-hydrogen) atoms. The molecule has 0 radical (unpaired) electrons. The SMILES string of the molecule is CC(C)C/C=C\c1c(Cl)cccc1Cl. The van der Waals surface area contributed by atoms with E-state index in [1.165, 1.54) is 0 Å². The summed E-state index contributed by atoms with van der Waals surface area (Å²) >= 11 is 12.0. The summed E-state index contributed by atoms with van der Waals surface area (Å²) in [7, 11) is 0. The average molecular weight is 229 g/mol. The first kappa shape index (κ1) is 11.6. The molecule has 0 aliphatic carbocycles. The molecule has 0 heterocycles. The molecule has 1 rings (SSSR count). The third-order valence-electron chi connectivity index (χ3n) is 1.89. The van der Waals surface area contributed by atoms with Gasteiger partial charge in [-0.25, -0.2) is 0 Å². The summed E-state index contributed by atoms with van der Waals surface area (Å²) < 4.78 is 0. The van der Waals surface area contributed by atoms with Crippen molar-refractivity contribution in [3.05, 3.63) is 39.9 Å². The number of hydrogen-bond donors (Lipinski definition) is 0. The van der Waals surface area contributed by atoms with Gasteiger partial charge in [0.15, 0.2) is 0 Å². The highest BCUT2D eigenvalue weighted by molar-refractivity contribution is 6.37. The van der Waals surface area contributed by atoms with Gasteiger partial charge in [-0.05, 0) is 24.5 Å². The van der Waals surface area contributed by atoms with Gasteiger partial charge in [-0.3, -0.25) is 0 Å². The van der Waals surface area contributed by atoms with E-state index < -0.39 is 0 Å². The summed E-state index contributed by atoms with van der Waals surface area (Å²) in [6.45, 7) is 4.36. The molecule has 0 saturated heterocycles. The topological polar surface area (TPSA) is 0 Å². The molecule has 0 aliphatic heterocycles. The monoisotopic (exact) mass is 228 g/mol. The van der Waals surface area contributed by atoms with Crippen LogP contribution in [0, 0.1) is 5.92 Å². The molecule has 0 N–H and O–H groups in total. The Morgan fingerprint density at radius 1 is 1.21 bits per heavy atom. The Morgan fingerprint density at radius 2 is 1.79 bits per heavy atom. The van der Waals surface area contributed by atoms with Crippen LogP contribution in [0.1, 0.15) is 25.8 Å². The van der Waals surface area contributed by atoms with E-state index in [0.717, 1.165) is 12.0 Å². The molecule has 76 valence electrons. The number of halogens is 2. The van der Waals surface area contributed by atoms with Crippen molar-refractivity contribution in [1.29, 1.82) is 0 Å². The quantitative estimate of drug-likeness (QED) is 0.680. The minimum atomic E-state index is 0.660. The predicted molar refractivity (Wildman–Crippen MR) is 65.0 cm³/mol. The molecule has 0 unspecified atom stereocenters. The Labute approximate surface area is 95.5 Å². The van der Waals surface area contributed by atoms with E-state index in [0.29, 0.717) is 16.0 Å². The molecule has 2 heteroatoms. The maximum atomic E-state index is 6.01. The molecule has 0 aliphatic rings. The molecule has 0 bridgehead atoms. The van der Waals surface area contributed by atoms with Gasteiger partial charge < -0.3 is 0 Å². The number of benzene rings is 1. The molecule has 0 fully saturated rings. The van der Waals surface area contributed by atoms with Gasteiger partial charge in [0.2, 0.25) is 0 Å². The number of allylic oxidation sites excluding steroid dienone is 1. The predicted octanol–water partition coefficient (Wildman–Crippen LogP) is 5.05. The van der Waals surface area contributed by atoms with Crippen molar-refractivity contribution in [1.82, 2.24) is 0 Å². The first-order chi connectivity index (χ1) is 6.61. The largest absolute Gasteiger partial charge is 0.0836 e. The van der Waals surface area contributed by atoms with Crippen LogP contribution < -0.4 is 0 Å². The van der Waals surface area contributed by atoms with Gasteiger partial charge in [0.05, 0.1) is 0 Å². The normalized spacial score (nSPS) is 11.5. The molecule has 0 amide bonds. The Kier molecular flexibility index (Phi) is 4.50. The summed E-state index contributed by atoms with van der Waals surface area (Å²) in [5.74, 6) is 0.660. The van der Waals surface area contributed by atoms with E-state index in [4.69, 9.17) is 23.2 Å². The Morgan fingerprint density at radius 3 is 2.29 bits per heavy atom. The lowest BCUT2D eigenvalue weighted by Gasteiger charge is -2.01. The molecule has 0 atom stereocenters. The number of hydrogen-bond acceptors (Lipinski definition) is 0. The van der Waals surface area contributed by atoms with Crippen LogP contribution >= 0.6 is 23.2 Å². The first-order valence-electron chi connectivity index (χ1n) is 4.72. The lowest BCUT2D eigenvalue weighted by Crippen LogP contribution is -1.82. The fraction of sp³-hybridized carbons (Fsp3) is 0.333. The minimum Gasteiger partial charge on any atom is -0.0836 e. The Hall–Kier alpha value is -0.460. The van der Waals surface area contributed by atoms with Crippen molar-refractivity contribution < 1.29 is 0 Å². The van der Waals surface area contributed by atoms with Crippen molar-refractivity contribution in [2.24, 2.45) is 5.92 Å². The standard InChI is InChI=1S/C12H14Cl2/c1-9(2)5-3-6-10-11(13)7-4-8-12(10)14/h3-4,6-9H,5H2,1-2H3/b6-3-. The zero-order chi connectivity index (χ0) is 10.6. The van der Waals surface area contributed by atoms with Gasteiger partial charge in [-0.2, -0.15) is 0 Å². The van der Waals surface area contributed by atoms with Crippen LogP contribution in [0.15, 0.2) is 24.3 Å². The molecular formula is C12H14Cl2. The lowest BCUT2D eigenvalue weighted by atomic mass is 10.1. The summed E-state index contributed by atoms with van der Waals surface area (Å²) in [4.78, 5) is 0. The van der Waals surface area contributed by atoms with Gasteiger partial charge >= 0.3 is 0 Å². The minimum absolute atomic E-state index is 0.660. The molecule has 1 aromatic rings.